The summed E-state index contributed by atoms with van der Waals surface area (Å²) in [6.45, 7) is 1.81. The number of rotatable bonds is 3. The monoisotopic (exact) mass is 231 g/mol. The van der Waals surface area contributed by atoms with E-state index in [0.29, 0.717) is 5.16 Å². The van der Waals surface area contributed by atoms with Crippen LogP contribution >= 0.6 is 11.8 Å². The minimum absolute atomic E-state index is 0.173. The van der Waals surface area contributed by atoms with Gasteiger partial charge in [0.2, 0.25) is 5.16 Å². The van der Waals surface area contributed by atoms with Crippen LogP contribution in [0.25, 0.3) is 5.69 Å². The highest BCUT2D eigenvalue weighted by molar-refractivity contribution is 8.00. The molecule has 80 valence electrons. The van der Waals surface area contributed by atoms with Gasteiger partial charge >= 0.3 is 0 Å². The van der Waals surface area contributed by atoms with Gasteiger partial charge in [-0.05, 0) is 29.5 Å². The van der Waals surface area contributed by atoms with Crippen LogP contribution in [0.4, 0.5) is 0 Å². The van der Waals surface area contributed by atoms with Crippen molar-refractivity contribution in [2.75, 3.05) is 0 Å². The first-order valence-corrected chi connectivity index (χ1v) is 5.59. The summed E-state index contributed by atoms with van der Waals surface area (Å²) in [5, 5.41) is 20.6. The number of hydrogen-bond donors (Lipinski definition) is 0. The average molecular weight is 231 g/mol. The van der Waals surface area contributed by atoms with E-state index in [1.807, 2.05) is 37.3 Å². The quantitative estimate of drug-likeness (QED) is 0.751. The number of benzene rings is 1. The van der Waals surface area contributed by atoms with Crippen LogP contribution in [-0.2, 0) is 0 Å². The Labute approximate surface area is 97.1 Å². The van der Waals surface area contributed by atoms with Crippen LogP contribution in [0.2, 0.25) is 0 Å². The average Bonchev–Trinajstić information content (AvgIpc) is 2.78. The Morgan fingerprint density at radius 1 is 1.38 bits per heavy atom. The highest BCUT2D eigenvalue weighted by Gasteiger charge is 2.11. The van der Waals surface area contributed by atoms with Gasteiger partial charge in [0, 0.05) is 0 Å². The smallest absolute Gasteiger partial charge is 0.197 e. The van der Waals surface area contributed by atoms with E-state index in [1.54, 1.807) is 4.68 Å². The first-order chi connectivity index (χ1) is 7.81. The van der Waals surface area contributed by atoms with E-state index in [2.05, 4.69) is 21.6 Å². The van der Waals surface area contributed by atoms with Crippen molar-refractivity contribution >= 4 is 11.8 Å². The van der Waals surface area contributed by atoms with E-state index < -0.39 is 0 Å². The molecule has 0 fully saturated rings. The molecule has 0 amide bonds. The molecular weight excluding hydrogens is 222 g/mol. The Morgan fingerprint density at radius 3 is 2.81 bits per heavy atom. The predicted octanol–water partition coefficient (Wildman–Crippen LogP) is 1.67. The lowest BCUT2D eigenvalue weighted by Crippen LogP contribution is -2.01. The van der Waals surface area contributed by atoms with E-state index in [9.17, 15) is 0 Å². The van der Waals surface area contributed by atoms with Gasteiger partial charge in [-0.15, -0.1) is 5.10 Å². The second kappa shape index (κ2) is 4.77. The predicted molar refractivity (Wildman–Crippen MR) is 60.1 cm³/mol. The summed E-state index contributed by atoms with van der Waals surface area (Å²) in [4.78, 5) is 0. The van der Waals surface area contributed by atoms with E-state index in [0.717, 1.165) is 5.69 Å². The Kier molecular flexibility index (Phi) is 3.17. The normalized spacial score (nSPS) is 12.0. The van der Waals surface area contributed by atoms with Crippen molar-refractivity contribution in [3.05, 3.63) is 30.3 Å². The molecule has 0 bridgehead atoms. The zero-order valence-electron chi connectivity index (χ0n) is 8.61. The zero-order valence-corrected chi connectivity index (χ0v) is 9.42. The Bertz CT molecular complexity index is 501. The van der Waals surface area contributed by atoms with Crippen molar-refractivity contribution in [1.82, 2.24) is 20.2 Å². The number of aromatic nitrogens is 4. The molecule has 1 atom stereocenters. The Balaban J connectivity index is 2.30. The van der Waals surface area contributed by atoms with E-state index in [1.165, 1.54) is 11.8 Å². The largest absolute Gasteiger partial charge is 0.215 e. The fourth-order valence-corrected chi connectivity index (χ4v) is 1.86. The summed E-state index contributed by atoms with van der Waals surface area (Å²) in [6.07, 6.45) is 0. The SMILES string of the molecule is C[C@H](C#N)Sc1nnnn1-c1ccccc1. The van der Waals surface area contributed by atoms with E-state index in [4.69, 9.17) is 5.26 Å². The van der Waals surface area contributed by atoms with Crippen molar-refractivity contribution in [1.29, 1.82) is 5.26 Å². The summed E-state index contributed by atoms with van der Waals surface area (Å²) in [7, 11) is 0. The fourth-order valence-electron chi connectivity index (χ4n) is 1.17. The van der Waals surface area contributed by atoms with Crippen molar-refractivity contribution in [2.24, 2.45) is 0 Å². The zero-order chi connectivity index (χ0) is 11.4. The maximum atomic E-state index is 8.75. The highest BCUT2D eigenvalue weighted by Crippen LogP contribution is 2.21. The Hall–Kier alpha value is -1.87. The van der Waals surface area contributed by atoms with Crippen molar-refractivity contribution < 1.29 is 0 Å². The lowest BCUT2D eigenvalue weighted by atomic mass is 10.3. The number of hydrogen-bond acceptors (Lipinski definition) is 5. The molecule has 0 aliphatic rings. The first-order valence-electron chi connectivity index (χ1n) is 4.71. The molecule has 2 rings (SSSR count). The van der Waals surface area contributed by atoms with Gasteiger partial charge in [0.1, 0.15) is 0 Å². The molecule has 1 heterocycles. The number of nitrogens with zero attached hydrogens (tertiary/aromatic N) is 5. The summed E-state index contributed by atoms with van der Waals surface area (Å²) >= 11 is 1.34. The third-order valence-electron chi connectivity index (χ3n) is 1.91. The maximum Gasteiger partial charge on any atom is 0.215 e. The molecule has 0 saturated carbocycles. The second-order valence-corrected chi connectivity index (χ2v) is 4.41. The minimum atomic E-state index is -0.173. The molecule has 0 saturated heterocycles. The molecule has 2 aromatic rings. The lowest BCUT2D eigenvalue weighted by molar-refractivity contribution is 0.756. The van der Waals surface area contributed by atoms with Crippen LogP contribution in [0.1, 0.15) is 6.92 Å². The van der Waals surface area contributed by atoms with Crippen molar-refractivity contribution in [3.63, 3.8) is 0 Å². The molecule has 16 heavy (non-hydrogen) atoms. The summed E-state index contributed by atoms with van der Waals surface area (Å²) < 4.78 is 1.62. The van der Waals surface area contributed by atoms with Gasteiger partial charge in [-0.3, -0.25) is 0 Å². The van der Waals surface area contributed by atoms with Gasteiger partial charge in [-0.2, -0.15) is 9.94 Å². The molecule has 0 radical (unpaired) electrons. The fraction of sp³-hybridized carbons (Fsp3) is 0.200. The number of thioether (sulfide) groups is 1. The number of para-hydroxylation sites is 1. The van der Waals surface area contributed by atoms with Crippen LogP contribution in [0.3, 0.4) is 0 Å². The molecule has 6 heteroatoms. The Morgan fingerprint density at radius 2 is 2.12 bits per heavy atom. The molecule has 1 aromatic heterocycles. The van der Waals surface area contributed by atoms with Crippen LogP contribution < -0.4 is 0 Å². The molecule has 0 aliphatic heterocycles. The minimum Gasteiger partial charge on any atom is -0.197 e. The maximum absolute atomic E-state index is 8.75. The van der Waals surface area contributed by atoms with Crippen molar-refractivity contribution in [2.45, 2.75) is 17.3 Å². The summed E-state index contributed by atoms with van der Waals surface area (Å²) in [5.74, 6) is 0. The summed E-state index contributed by atoms with van der Waals surface area (Å²) in [6, 6.07) is 11.7. The number of nitriles is 1. The standard InChI is InChI=1S/C10H9N5S/c1-8(7-11)16-10-12-13-14-15(10)9-5-3-2-4-6-9/h2-6,8H,1H3/t8-/m1/s1. The molecule has 0 aliphatic carbocycles. The molecule has 0 N–H and O–H groups in total. The topological polar surface area (TPSA) is 67.4 Å². The molecule has 0 unspecified atom stereocenters. The third-order valence-corrected chi connectivity index (χ3v) is 2.83. The van der Waals surface area contributed by atoms with Crippen LogP contribution in [0, 0.1) is 11.3 Å². The van der Waals surface area contributed by atoms with Gasteiger partial charge in [-0.25, -0.2) is 0 Å². The molecule has 1 aromatic carbocycles. The van der Waals surface area contributed by atoms with E-state index in [-0.39, 0.29) is 5.25 Å². The van der Waals surface area contributed by atoms with Crippen LogP contribution in [-0.4, -0.2) is 25.5 Å². The van der Waals surface area contributed by atoms with Gasteiger partial charge in [0.15, 0.2) is 0 Å². The van der Waals surface area contributed by atoms with Crippen LogP contribution in [0.5, 0.6) is 0 Å². The van der Waals surface area contributed by atoms with Gasteiger partial charge in [-0.1, -0.05) is 30.0 Å². The van der Waals surface area contributed by atoms with Gasteiger partial charge in [0.05, 0.1) is 17.0 Å². The second-order valence-electron chi connectivity index (χ2n) is 3.10. The highest BCUT2D eigenvalue weighted by atomic mass is 32.2. The van der Waals surface area contributed by atoms with Gasteiger partial charge < -0.3 is 0 Å². The van der Waals surface area contributed by atoms with Crippen molar-refractivity contribution in [3.8, 4) is 11.8 Å². The third kappa shape index (κ3) is 2.20. The van der Waals surface area contributed by atoms with E-state index >= 15 is 0 Å². The molecule has 0 spiro atoms. The molecular formula is C10H9N5S. The van der Waals surface area contributed by atoms with Crippen LogP contribution in [0.15, 0.2) is 35.5 Å². The number of tetrazole rings is 1. The lowest BCUT2D eigenvalue weighted by Gasteiger charge is -2.03. The van der Waals surface area contributed by atoms with Gasteiger partial charge in [0.25, 0.3) is 0 Å². The summed E-state index contributed by atoms with van der Waals surface area (Å²) in [5.41, 5.74) is 0.889. The molecule has 5 nitrogen and oxygen atoms in total. The first kappa shape index (κ1) is 10.6.